The first-order valence-corrected chi connectivity index (χ1v) is 7.22. The van der Waals surface area contributed by atoms with Gasteiger partial charge in [0.15, 0.2) is 0 Å². The van der Waals surface area contributed by atoms with E-state index in [2.05, 4.69) is 18.2 Å². The van der Waals surface area contributed by atoms with Crippen LogP contribution in [0, 0.1) is 11.3 Å². The van der Waals surface area contributed by atoms with Crippen molar-refractivity contribution in [3.8, 4) is 6.07 Å². The average molecular weight is 274 g/mol. The molecule has 0 amide bonds. The first-order valence-electron chi connectivity index (χ1n) is 5.97. The van der Waals surface area contributed by atoms with Crippen molar-refractivity contribution in [2.75, 3.05) is 0 Å². The van der Waals surface area contributed by atoms with Crippen molar-refractivity contribution in [3.63, 3.8) is 0 Å². The molecular weight excluding hydrogens is 262 g/mol. The van der Waals surface area contributed by atoms with Crippen molar-refractivity contribution in [2.24, 2.45) is 0 Å². The second kappa shape index (κ2) is 4.42. The summed E-state index contributed by atoms with van der Waals surface area (Å²) in [6.07, 6.45) is 2.63. The molecule has 0 N–H and O–H groups in total. The Morgan fingerprint density at radius 1 is 1.33 bits per heavy atom. The Bertz CT molecular complexity index is 625. The molecular formula is C15H12ClNS. The van der Waals surface area contributed by atoms with E-state index in [1.54, 1.807) is 11.3 Å². The third-order valence-corrected chi connectivity index (χ3v) is 5.11. The van der Waals surface area contributed by atoms with Crippen LogP contribution in [0.15, 0.2) is 35.7 Å². The summed E-state index contributed by atoms with van der Waals surface area (Å²) in [5, 5.41) is 12.4. The molecule has 0 saturated heterocycles. The number of thiophene rings is 1. The summed E-state index contributed by atoms with van der Waals surface area (Å²) in [7, 11) is 0. The molecule has 1 aliphatic rings. The number of hydrogen-bond acceptors (Lipinski definition) is 2. The number of nitriles is 1. The van der Waals surface area contributed by atoms with Gasteiger partial charge in [-0.05, 0) is 35.4 Å². The predicted molar refractivity (Wildman–Crippen MR) is 75.1 cm³/mol. The van der Waals surface area contributed by atoms with Gasteiger partial charge < -0.3 is 0 Å². The lowest BCUT2D eigenvalue weighted by atomic mass is 9.80. The number of halogens is 1. The average Bonchev–Trinajstić information content (AvgIpc) is 2.96. The summed E-state index contributed by atoms with van der Waals surface area (Å²) in [6.45, 7) is 0. The third-order valence-electron chi connectivity index (χ3n) is 3.72. The van der Waals surface area contributed by atoms with Gasteiger partial charge in [0.05, 0.1) is 16.5 Å². The van der Waals surface area contributed by atoms with E-state index in [1.165, 1.54) is 11.1 Å². The van der Waals surface area contributed by atoms with Crippen LogP contribution in [-0.4, -0.2) is 0 Å². The Labute approximate surface area is 116 Å². The van der Waals surface area contributed by atoms with Crippen LogP contribution in [0.25, 0.3) is 0 Å². The lowest BCUT2D eigenvalue weighted by Gasteiger charge is -2.21. The van der Waals surface area contributed by atoms with Gasteiger partial charge in [-0.3, -0.25) is 0 Å². The van der Waals surface area contributed by atoms with Gasteiger partial charge in [0.1, 0.15) is 0 Å². The second-order valence-electron chi connectivity index (χ2n) is 4.72. The lowest BCUT2D eigenvalue weighted by Crippen LogP contribution is -2.23. The Morgan fingerprint density at radius 2 is 2.17 bits per heavy atom. The number of rotatable bonds is 2. The molecule has 3 rings (SSSR count). The minimum Gasteiger partial charge on any atom is -0.197 e. The zero-order valence-corrected chi connectivity index (χ0v) is 11.4. The maximum atomic E-state index is 9.66. The van der Waals surface area contributed by atoms with E-state index < -0.39 is 0 Å². The maximum absolute atomic E-state index is 9.66. The van der Waals surface area contributed by atoms with Gasteiger partial charge in [-0.1, -0.05) is 35.9 Å². The van der Waals surface area contributed by atoms with Crippen LogP contribution in [0.2, 0.25) is 5.02 Å². The third kappa shape index (κ3) is 1.75. The summed E-state index contributed by atoms with van der Waals surface area (Å²) in [6, 6.07) is 12.7. The molecule has 0 aliphatic heterocycles. The van der Waals surface area contributed by atoms with Gasteiger partial charge in [-0.15, -0.1) is 11.3 Å². The molecule has 1 atom stereocenters. The molecule has 1 unspecified atom stereocenters. The summed E-state index contributed by atoms with van der Waals surface area (Å²) in [5.74, 6) is 0. The molecule has 2 aromatic rings. The zero-order chi connectivity index (χ0) is 12.6. The van der Waals surface area contributed by atoms with Crippen molar-refractivity contribution in [3.05, 3.63) is 56.7 Å². The molecule has 1 aromatic heterocycles. The van der Waals surface area contributed by atoms with E-state index in [0.717, 1.165) is 29.2 Å². The Balaban J connectivity index is 2.04. The van der Waals surface area contributed by atoms with E-state index in [-0.39, 0.29) is 5.41 Å². The van der Waals surface area contributed by atoms with Crippen molar-refractivity contribution in [2.45, 2.75) is 24.7 Å². The van der Waals surface area contributed by atoms with Crippen molar-refractivity contribution >= 4 is 22.9 Å². The number of nitrogens with zero attached hydrogens (tertiary/aromatic N) is 1. The number of aryl methyl sites for hydroxylation is 1. The highest BCUT2D eigenvalue weighted by Crippen LogP contribution is 2.42. The lowest BCUT2D eigenvalue weighted by molar-refractivity contribution is 0.545. The Hall–Kier alpha value is -1.30. The van der Waals surface area contributed by atoms with Crippen molar-refractivity contribution in [1.29, 1.82) is 5.26 Å². The van der Waals surface area contributed by atoms with Crippen LogP contribution < -0.4 is 0 Å². The molecule has 90 valence electrons. The van der Waals surface area contributed by atoms with Crippen LogP contribution in [0.1, 0.15) is 22.4 Å². The molecule has 0 saturated carbocycles. The first-order chi connectivity index (χ1) is 8.75. The van der Waals surface area contributed by atoms with Crippen LogP contribution in [0.4, 0.5) is 0 Å². The van der Waals surface area contributed by atoms with Gasteiger partial charge in [-0.25, -0.2) is 0 Å². The van der Waals surface area contributed by atoms with Gasteiger partial charge in [0.2, 0.25) is 0 Å². The minimum absolute atomic E-state index is 0.384. The van der Waals surface area contributed by atoms with E-state index >= 15 is 0 Å². The maximum Gasteiger partial charge on any atom is 0.0876 e. The number of hydrogen-bond donors (Lipinski definition) is 0. The van der Waals surface area contributed by atoms with Gasteiger partial charge >= 0.3 is 0 Å². The fourth-order valence-electron chi connectivity index (χ4n) is 2.75. The largest absolute Gasteiger partial charge is 0.197 e. The topological polar surface area (TPSA) is 23.8 Å². The predicted octanol–water partition coefficient (Wildman–Crippen LogP) is 4.35. The van der Waals surface area contributed by atoms with E-state index in [9.17, 15) is 5.26 Å². The normalized spacial score (nSPS) is 21.6. The molecule has 1 aromatic carbocycles. The summed E-state index contributed by atoms with van der Waals surface area (Å²) >= 11 is 7.81. The smallest absolute Gasteiger partial charge is 0.0876 e. The van der Waals surface area contributed by atoms with Crippen LogP contribution in [-0.2, 0) is 18.3 Å². The van der Waals surface area contributed by atoms with Gasteiger partial charge in [0.25, 0.3) is 0 Å². The molecule has 0 fully saturated rings. The molecule has 3 heteroatoms. The molecule has 0 spiro atoms. The Kier molecular flexibility index (Phi) is 2.89. The van der Waals surface area contributed by atoms with E-state index in [0.29, 0.717) is 0 Å². The molecule has 1 heterocycles. The van der Waals surface area contributed by atoms with Crippen LogP contribution >= 0.6 is 22.9 Å². The fraction of sp³-hybridized carbons (Fsp3) is 0.267. The zero-order valence-electron chi connectivity index (χ0n) is 9.82. The molecule has 0 bridgehead atoms. The second-order valence-corrected chi connectivity index (χ2v) is 6.13. The summed E-state index contributed by atoms with van der Waals surface area (Å²) in [5.41, 5.74) is 2.12. The van der Waals surface area contributed by atoms with Crippen molar-refractivity contribution < 1.29 is 0 Å². The monoisotopic (exact) mass is 273 g/mol. The van der Waals surface area contributed by atoms with E-state index in [1.807, 2.05) is 23.6 Å². The van der Waals surface area contributed by atoms with Crippen LogP contribution in [0.3, 0.4) is 0 Å². The molecule has 0 radical (unpaired) electrons. The highest BCUT2D eigenvalue weighted by molar-refractivity contribution is 7.10. The minimum atomic E-state index is -0.384. The molecule has 1 aliphatic carbocycles. The van der Waals surface area contributed by atoms with Gasteiger partial charge in [0, 0.05) is 11.3 Å². The fourth-order valence-corrected chi connectivity index (χ4v) is 3.97. The molecule has 1 nitrogen and oxygen atoms in total. The van der Waals surface area contributed by atoms with Crippen LogP contribution in [0.5, 0.6) is 0 Å². The highest BCUT2D eigenvalue weighted by Gasteiger charge is 2.39. The Morgan fingerprint density at radius 3 is 2.89 bits per heavy atom. The SMILES string of the molecule is N#CC1(Cc2sccc2Cl)CCc2ccccc21. The standard InChI is InChI=1S/C15H12ClNS/c16-13-6-8-18-14(13)9-15(10-17)7-5-11-3-1-2-4-12(11)15/h1-4,6,8H,5,7,9H2. The van der Waals surface area contributed by atoms with Gasteiger partial charge in [-0.2, -0.15) is 5.26 Å². The summed E-state index contributed by atoms with van der Waals surface area (Å²) in [4.78, 5) is 1.12. The van der Waals surface area contributed by atoms with E-state index in [4.69, 9.17) is 11.6 Å². The first kappa shape index (κ1) is 11.8. The van der Waals surface area contributed by atoms with Crippen molar-refractivity contribution in [1.82, 2.24) is 0 Å². The number of fused-ring (bicyclic) bond motifs is 1. The number of benzene rings is 1. The molecule has 18 heavy (non-hydrogen) atoms. The highest BCUT2D eigenvalue weighted by atomic mass is 35.5. The summed E-state index contributed by atoms with van der Waals surface area (Å²) < 4.78 is 0. The quantitative estimate of drug-likeness (QED) is 0.798.